The van der Waals surface area contributed by atoms with Crippen LogP contribution in [-0.4, -0.2) is 36.3 Å². The second-order valence-corrected chi connectivity index (χ2v) is 7.18. The quantitative estimate of drug-likeness (QED) is 0.779. The summed E-state index contributed by atoms with van der Waals surface area (Å²) in [4.78, 5) is 0.211. The van der Waals surface area contributed by atoms with E-state index in [9.17, 15) is 8.42 Å². The molecule has 0 aromatic heterocycles. The molecular weight excluding hydrogens is 342 g/mol. The number of benzene rings is 2. The molecule has 6 nitrogen and oxygen atoms in total. The third-order valence-electron chi connectivity index (χ3n) is 3.90. The molecule has 2 aromatic rings. The molecule has 1 unspecified atom stereocenters. The van der Waals surface area contributed by atoms with Gasteiger partial charge in [-0.3, -0.25) is 0 Å². The van der Waals surface area contributed by atoms with Crippen molar-refractivity contribution in [2.75, 3.05) is 27.9 Å². The molecule has 136 valence electrons. The fourth-order valence-corrected chi connectivity index (χ4v) is 3.82. The molecule has 0 amide bonds. The molecule has 0 saturated carbocycles. The Morgan fingerprint density at radius 2 is 1.76 bits per heavy atom. The molecule has 0 aliphatic rings. The van der Waals surface area contributed by atoms with Crippen molar-refractivity contribution in [3.63, 3.8) is 0 Å². The maximum atomic E-state index is 12.6. The van der Waals surface area contributed by atoms with E-state index >= 15 is 0 Å². The molecule has 0 aliphatic heterocycles. The first kappa shape index (κ1) is 19.2. The predicted octanol–water partition coefficient (Wildman–Crippen LogP) is 2.68. The molecule has 2 aromatic carbocycles. The first-order valence-corrected chi connectivity index (χ1v) is 9.21. The summed E-state index contributed by atoms with van der Waals surface area (Å²) >= 11 is 0. The van der Waals surface area contributed by atoms with E-state index in [1.165, 1.54) is 20.3 Å². The van der Waals surface area contributed by atoms with E-state index in [0.717, 1.165) is 5.56 Å². The predicted molar refractivity (Wildman–Crippen MR) is 95.7 cm³/mol. The van der Waals surface area contributed by atoms with E-state index in [4.69, 9.17) is 14.2 Å². The van der Waals surface area contributed by atoms with Crippen LogP contribution in [0.2, 0.25) is 0 Å². The van der Waals surface area contributed by atoms with Gasteiger partial charge in [0.1, 0.15) is 11.5 Å². The summed E-state index contributed by atoms with van der Waals surface area (Å²) in [7, 11) is 0.962. The number of hydrogen-bond acceptors (Lipinski definition) is 5. The van der Waals surface area contributed by atoms with Crippen LogP contribution in [0.15, 0.2) is 47.4 Å². The first-order chi connectivity index (χ1) is 11.9. The van der Waals surface area contributed by atoms with Crippen LogP contribution in [0.4, 0.5) is 0 Å². The van der Waals surface area contributed by atoms with Crippen LogP contribution in [0, 0.1) is 6.92 Å². The van der Waals surface area contributed by atoms with Crippen LogP contribution < -0.4 is 14.2 Å². The summed E-state index contributed by atoms with van der Waals surface area (Å²) in [5, 5.41) is 0. The Kier molecular flexibility index (Phi) is 6.41. The van der Waals surface area contributed by atoms with Gasteiger partial charge in [0, 0.05) is 19.2 Å². The Morgan fingerprint density at radius 3 is 2.36 bits per heavy atom. The third-order valence-corrected chi connectivity index (χ3v) is 5.48. The van der Waals surface area contributed by atoms with Crippen molar-refractivity contribution in [3.8, 4) is 11.5 Å². The van der Waals surface area contributed by atoms with E-state index in [0.29, 0.717) is 17.1 Å². The van der Waals surface area contributed by atoms with Gasteiger partial charge in [-0.1, -0.05) is 18.2 Å². The molecule has 0 bridgehead atoms. The number of methoxy groups -OCH3 is 3. The van der Waals surface area contributed by atoms with Gasteiger partial charge in [0.25, 0.3) is 0 Å². The van der Waals surface area contributed by atoms with Crippen molar-refractivity contribution in [3.05, 3.63) is 53.6 Å². The summed E-state index contributed by atoms with van der Waals surface area (Å²) in [6.07, 6.45) is -0.468. The van der Waals surface area contributed by atoms with Crippen LogP contribution in [0.25, 0.3) is 0 Å². The SMILES string of the molecule is COc1ccc(S(=O)(=O)NCC(OC)c2ccccc2OC)c(C)c1. The van der Waals surface area contributed by atoms with E-state index in [1.54, 1.807) is 26.2 Å². The van der Waals surface area contributed by atoms with Gasteiger partial charge in [0.15, 0.2) is 0 Å². The summed E-state index contributed by atoms with van der Waals surface area (Å²) in [6, 6.07) is 12.2. The Hall–Kier alpha value is -2.09. The van der Waals surface area contributed by atoms with Gasteiger partial charge in [-0.15, -0.1) is 0 Å². The topological polar surface area (TPSA) is 73.9 Å². The fraction of sp³-hybridized carbons (Fsp3) is 0.333. The molecule has 7 heteroatoms. The molecule has 0 radical (unpaired) electrons. The van der Waals surface area contributed by atoms with Gasteiger partial charge >= 0.3 is 0 Å². The van der Waals surface area contributed by atoms with Crippen LogP contribution in [-0.2, 0) is 14.8 Å². The molecule has 0 aliphatic carbocycles. The molecular formula is C18H23NO5S. The molecule has 2 rings (SSSR count). The Labute approximate surface area is 148 Å². The lowest BCUT2D eigenvalue weighted by Gasteiger charge is -2.19. The van der Waals surface area contributed by atoms with Gasteiger partial charge < -0.3 is 14.2 Å². The normalized spacial score (nSPS) is 12.6. The van der Waals surface area contributed by atoms with Gasteiger partial charge in [-0.05, 0) is 36.8 Å². The van der Waals surface area contributed by atoms with Gasteiger partial charge in [-0.2, -0.15) is 0 Å². The maximum absolute atomic E-state index is 12.6. The van der Waals surface area contributed by atoms with E-state index < -0.39 is 16.1 Å². The summed E-state index contributed by atoms with van der Waals surface area (Å²) < 4.78 is 43.7. The molecule has 1 N–H and O–H groups in total. The lowest BCUT2D eigenvalue weighted by Crippen LogP contribution is -2.30. The minimum atomic E-state index is -3.68. The Bertz CT molecular complexity index is 820. The highest BCUT2D eigenvalue weighted by molar-refractivity contribution is 7.89. The molecule has 0 spiro atoms. The van der Waals surface area contributed by atoms with Crippen molar-refractivity contribution < 1.29 is 22.6 Å². The molecule has 0 heterocycles. The van der Waals surface area contributed by atoms with E-state index in [2.05, 4.69) is 4.72 Å². The van der Waals surface area contributed by atoms with Gasteiger partial charge in [0.2, 0.25) is 10.0 Å². The maximum Gasteiger partial charge on any atom is 0.240 e. The standard InChI is InChI=1S/C18H23NO5S/c1-13-11-14(22-2)9-10-18(13)25(20,21)19-12-17(24-4)15-7-5-6-8-16(15)23-3/h5-11,17,19H,12H2,1-4H3. The van der Waals surface area contributed by atoms with Crippen molar-refractivity contribution in [1.82, 2.24) is 4.72 Å². The molecule has 0 saturated heterocycles. The zero-order chi connectivity index (χ0) is 18.4. The van der Waals surface area contributed by atoms with Crippen LogP contribution >= 0.6 is 0 Å². The smallest absolute Gasteiger partial charge is 0.240 e. The van der Waals surface area contributed by atoms with Crippen molar-refractivity contribution in [2.45, 2.75) is 17.9 Å². The minimum absolute atomic E-state index is 0.0880. The Morgan fingerprint density at radius 1 is 1.04 bits per heavy atom. The van der Waals surface area contributed by atoms with Gasteiger partial charge in [-0.25, -0.2) is 13.1 Å². The number of sulfonamides is 1. The zero-order valence-electron chi connectivity index (χ0n) is 14.8. The van der Waals surface area contributed by atoms with Crippen molar-refractivity contribution in [1.29, 1.82) is 0 Å². The number of nitrogens with one attached hydrogen (secondary N) is 1. The van der Waals surface area contributed by atoms with Gasteiger partial charge in [0.05, 0.1) is 25.2 Å². The average molecular weight is 365 g/mol. The second-order valence-electron chi connectivity index (χ2n) is 5.45. The zero-order valence-corrected chi connectivity index (χ0v) is 15.6. The van der Waals surface area contributed by atoms with Crippen molar-refractivity contribution in [2.24, 2.45) is 0 Å². The summed E-state index contributed by atoms with van der Waals surface area (Å²) in [6.45, 7) is 1.82. The van der Waals surface area contributed by atoms with Crippen LogP contribution in [0.5, 0.6) is 11.5 Å². The highest BCUT2D eigenvalue weighted by Gasteiger charge is 2.21. The highest BCUT2D eigenvalue weighted by Crippen LogP contribution is 2.27. The Balaban J connectivity index is 2.20. The fourth-order valence-electron chi connectivity index (χ4n) is 2.57. The monoisotopic (exact) mass is 365 g/mol. The summed E-state index contributed by atoms with van der Waals surface area (Å²) in [5.41, 5.74) is 1.39. The lowest BCUT2D eigenvalue weighted by atomic mass is 10.1. The largest absolute Gasteiger partial charge is 0.497 e. The molecule has 1 atom stereocenters. The third kappa shape index (κ3) is 4.50. The van der Waals surface area contributed by atoms with E-state index in [-0.39, 0.29) is 11.4 Å². The minimum Gasteiger partial charge on any atom is -0.497 e. The first-order valence-electron chi connectivity index (χ1n) is 7.73. The number of para-hydroxylation sites is 1. The number of hydrogen-bond donors (Lipinski definition) is 1. The van der Waals surface area contributed by atoms with Crippen molar-refractivity contribution >= 4 is 10.0 Å². The average Bonchev–Trinajstić information content (AvgIpc) is 2.62. The lowest BCUT2D eigenvalue weighted by molar-refractivity contribution is 0.105. The number of ether oxygens (including phenoxy) is 3. The number of aryl methyl sites for hydroxylation is 1. The molecule has 0 fully saturated rings. The highest BCUT2D eigenvalue weighted by atomic mass is 32.2. The second kappa shape index (κ2) is 8.33. The van der Waals surface area contributed by atoms with Crippen LogP contribution in [0.1, 0.15) is 17.2 Å². The summed E-state index contributed by atoms with van der Waals surface area (Å²) in [5.74, 6) is 1.26. The molecule has 25 heavy (non-hydrogen) atoms. The van der Waals surface area contributed by atoms with E-state index in [1.807, 2.05) is 24.3 Å². The van der Waals surface area contributed by atoms with Crippen LogP contribution in [0.3, 0.4) is 0 Å². The number of rotatable bonds is 8.